The number of benzene rings is 1. The quantitative estimate of drug-likeness (QED) is 0.294. The van der Waals surface area contributed by atoms with E-state index in [1.807, 2.05) is 19.1 Å². The number of fused-ring (bicyclic) bond motifs is 1. The van der Waals surface area contributed by atoms with Crippen LogP contribution in [0.2, 0.25) is 0 Å². The molecule has 1 aliphatic rings. The molecule has 2 atom stereocenters. The van der Waals surface area contributed by atoms with Gasteiger partial charge in [-0.05, 0) is 25.1 Å². The Morgan fingerprint density at radius 1 is 1.22 bits per heavy atom. The van der Waals surface area contributed by atoms with Crippen LogP contribution >= 0.6 is 11.3 Å². The predicted molar refractivity (Wildman–Crippen MR) is 151 cm³/mol. The number of terminal acetylenes is 1. The van der Waals surface area contributed by atoms with Crippen molar-refractivity contribution in [2.45, 2.75) is 19.0 Å². The van der Waals surface area contributed by atoms with Gasteiger partial charge in [0, 0.05) is 22.7 Å². The van der Waals surface area contributed by atoms with Crippen molar-refractivity contribution >= 4 is 49.0 Å². The van der Waals surface area contributed by atoms with Gasteiger partial charge in [0.15, 0.2) is 11.6 Å². The highest BCUT2D eigenvalue weighted by Crippen LogP contribution is 2.46. The van der Waals surface area contributed by atoms with Crippen molar-refractivity contribution in [2.75, 3.05) is 30.1 Å². The average Bonchev–Trinajstić information content (AvgIpc) is 3.23. The van der Waals surface area contributed by atoms with Gasteiger partial charge < -0.3 is 25.8 Å². The Kier molecular flexibility index (Phi) is 6.16. The molecule has 5 heterocycles. The molecule has 0 bridgehead atoms. The Labute approximate surface area is 236 Å². The fourth-order valence-corrected chi connectivity index (χ4v) is 6.01. The summed E-state index contributed by atoms with van der Waals surface area (Å²) >= 11 is 0.896. The van der Waals surface area contributed by atoms with E-state index in [0.717, 1.165) is 11.3 Å². The summed E-state index contributed by atoms with van der Waals surface area (Å²) in [5.74, 6) is 1.78. The molecule has 13 heteroatoms. The maximum Gasteiger partial charge on any atom is 0.318 e. The number of nitrogens with two attached hydrogens (primary N) is 2. The Balaban J connectivity index is 1.67. The van der Waals surface area contributed by atoms with Crippen molar-refractivity contribution < 1.29 is 18.3 Å². The summed E-state index contributed by atoms with van der Waals surface area (Å²) in [6.07, 6.45) is 7.52. The number of nitrogens with zero attached hydrogens (tertiary/aromatic N) is 6. The molecule has 0 fully saturated rings. The van der Waals surface area contributed by atoms with Gasteiger partial charge in [-0.3, -0.25) is 0 Å². The third kappa shape index (κ3) is 3.90. The zero-order valence-corrected chi connectivity index (χ0v) is 22.5. The molecule has 0 saturated heterocycles. The van der Waals surface area contributed by atoms with E-state index in [1.165, 1.54) is 19.2 Å². The van der Waals surface area contributed by atoms with Crippen molar-refractivity contribution in [3.63, 3.8) is 0 Å². The minimum atomic E-state index is -0.858. The summed E-state index contributed by atoms with van der Waals surface area (Å²) < 4.78 is 42.8. The molecule has 0 spiro atoms. The summed E-state index contributed by atoms with van der Waals surface area (Å²) in [5, 5.41) is 10.2. The first-order valence-electron chi connectivity index (χ1n) is 12.2. The lowest BCUT2D eigenvalue weighted by atomic mass is 10.0. The second-order valence-corrected chi connectivity index (χ2v) is 10.2. The number of hydrogen-bond acceptors (Lipinski definition) is 11. The number of anilines is 3. The summed E-state index contributed by atoms with van der Waals surface area (Å²) in [6.45, 7) is 1.82. The largest absolute Gasteiger partial charge is 0.474 e. The van der Waals surface area contributed by atoms with Crippen molar-refractivity contribution in [3.8, 4) is 41.6 Å². The van der Waals surface area contributed by atoms with E-state index in [9.17, 15) is 9.65 Å². The van der Waals surface area contributed by atoms with Gasteiger partial charge in [0.05, 0.1) is 23.4 Å². The number of thiophene rings is 1. The summed E-state index contributed by atoms with van der Waals surface area (Å²) in [7, 11) is 1.35. The number of pyridine rings is 2. The normalized spacial score (nSPS) is 15.2. The van der Waals surface area contributed by atoms with Gasteiger partial charge >= 0.3 is 6.01 Å². The average molecular weight is 571 g/mol. The first kappa shape index (κ1) is 26.0. The molecule has 0 amide bonds. The third-order valence-electron chi connectivity index (χ3n) is 6.97. The maximum absolute atomic E-state index is 16.5. The van der Waals surface area contributed by atoms with Gasteiger partial charge in [0.25, 0.3) is 0 Å². The molecule has 6 rings (SSSR count). The van der Waals surface area contributed by atoms with Crippen LogP contribution in [0.4, 0.5) is 25.4 Å². The van der Waals surface area contributed by atoms with Crippen molar-refractivity contribution in [1.29, 1.82) is 5.26 Å². The van der Waals surface area contributed by atoms with Gasteiger partial charge in [-0.15, -0.1) is 17.8 Å². The van der Waals surface area contributed by atoms with Gasteiger partial charge in [-0.25, -0.2) is 18.7 Å². The van der Waals surface area contributed by atoms with E-state index in [-0.39, 0.29) is 67.1 Å². The standard InChI is InChI=1S/C28H20F2N8O2S/c1-4-13-11-40-27-19-22(36-28(39-3)37-26(19)38(13)12(2)14-6-5-9-34-24(14)32)20(30)21(35-27)15-7-8-17(29)23-18(15)16(10-31)25(33)41-23/h1,5-9,12-13H,11,33H2,2-3H3,(H2,32,34). The van der Waals surface area contributed by atoms with Crippen LogP contribution in [0.1, 0.15) is 24.1 Å². The molecule has 0 aliphatic carbocycles. The molecule has 204 valence electrons. The Hall–Kier alpha value is -5.27. The molecule has 5 aromatic rings. The van der Waals surface area contributed by atoms with Crippen LogP contribution in [0.5, 0.6) is 11.9 Å². The topological polar surface area (TPSA) is 149 Å². The lowest BCUT2D eigenvalue weighted by Crippen LogP contribution is -2.40. The van der Waals surface area contributed by atoms with Gasteiger partial charge in [0.1, 0.15) is 52.0 Å². The van der Waals surface area contributed by atoms with E-state index in [1.54, 1.807) is 17.2 Å². The first-order chi connectivity index (χ1) is 19.8. The lowest BCUT2D eigenvalue weighted by molar-refractivity contribution is 0.296. The zero-order valence-electron chi connectivity index (χ0n) is 21.6. The number of nitrogen functional groups attached to an aromatic ring is 2. The molecule has 0 radical (unpaired) electrons. The lowest BCUT2D eigenvalue weighted by Gasteiger charge is -2.34. The molecule has 2 unspecified atom stereocenters. The second-order valence-electron chi connectivity index (χ2n) is 9.14. The van der Waals surface area contributed by atoms with Crippen molar-refractivity contribution in [2.24, 2.45) is 0 Å². The fourth-order valence-electron chi connectivity index (χ4n) is 5.06. The number of nitriles is 1. The molecule has 4 N–H and O–H groups in total. The Morgan fingerprint density at radius 3 is 2.73 bits per heavy atom. The molecular formula is C28H20F2N8O2S. The minimum absolute atomic E-state index is 0.00217. The molecule has 41 heavy (non-hydrogen) atoms. The Morgan fingerprint density at radius 2 is 2.02 bits per heavy atom. The summed E-state index contributed by atoms with van der Waals surface area (Å²) in [4.78, 5) is 19.3. The smallest absolute Gasteiger partial charge is 0.318 e. The van der Waals surface area contributed by atoms with Crippen molar-refractivity contribution in [1.82, 2.24) is 19.9 Å². The van der Waals surface area contributed by atoms with Crippen LogP contribution < -0.4 is 25.8 Å². The number of hydrogen-bond donors (Lipinski definition) is 2. The number of rotatable bonds is 4. The van der Waals surface area contributed by atoms with E-state index in [0.29, 0.717) is 11.4 Å². The monoisotopic (exact) mass is 570 g/mol. The van der Waals surface area contributed by atoms with E-state index in [4.69, 9.17) is 27.4 Å². The van der Waals surface area contributed by atoms with Crippen molar-refractivity contribution in [3.05, 3.63) is 53.2 Å². The number of methoxy groups -OCH3 is 1. The first-order valence-corrected chi connectivity index (χ1v) is 13.0. The SMILES string of the molecule is C#CC1COc2nc(-c3ccc(F)c4sc(N)c(C#N)c34)c(F)c3nc(OC)nc(c23)N1C(C)c1cccnc1N. The van der Waals surface area contributed by atoms with E-state index in [2.05, 4.69) is 25.9 Å². The minimum Gasteiger partial charge on any atom is -0.474 e. The molecule has 0 saturated carbocycles. The van der Waals surface area contributed by atoms with Crippen LogP contribution in [0.25, 0.3) is 32.2 Å². The van der Waals surface area contributed by atoms with E-state index < -0.39 is 23.7 Å². The molecule has 1 aliphatic heterocycles. The highest BCUT2D eigenvalue weighted by molar-refractivity contribution is 7.23. The highest BCUT2D eigenvalue weighted by atomic mass is 32.1. The van der Waals surface area contributed by atoms with Gasteiger partial charge in [0.2, 0.25) is 5.88 Å². The molecule has 1 aromatic carbocycles. The van der Waals surface area contributed by atoms with Crippen LogP contribution in [0.3, 0.4) is 0 Å². The van der Waals surface area contributed by atoms with Crippen LogP contribution in [-0.4, -0.2) is 39.7 Å². The van der Waals surface area contributed by atoms with Crippen LogP contribution in [0, 0.1) is 35.3 Å². The fraction of sp³-hybridized carbons (Fsp3) is 0.179. The molecule has 10 nitrogen and oxygen atoms in total. The molecule has 4 aromatic heterocycles. The van der Waals surface area contributed by atoms with Crippen LogP contribution in [0.15, 0.2) is 30.5 Å². The predicted octanol–water partition coefficient (Wildman–Crippen LogP) is 4.59. The number of aromatic nitrogens is 4. The molecular weight excluding hydrogens is 550 g/mol. The second kappa shape index (κ2) is 9.73. The third-order valence-corrected chi connectivity index (χ3v) is 8.00. The summed E-state index contributed by atoms with van der Waals surface area (Å²) in [6, 6.07) is 6.75. The Bertz CT molecular complexity index is 1970. The highest BCUT2D eigenvalue weighted by Gasteiger charge is 2.35. The number of halogens is 2. The zero-order chi connectivity index (χ0) is 29.0. The number of ether oxygens (including phenoxy) is 2. The van der Waals surface area contributed by atoms with E-state index >= 15 is 4.39 Å². The van der Waals surface area contributed by atoms with Gasteiger partial charge in [-0.1, -0.05) is 12.0 Å². The summed E-state index contributed by atoms with van der Waals surface area (Å²) in [5.41, 5.74) is 12.6. The maximum atomic E-state index is 16.5. The van der Waals surface area contributed by atoms with Gasteiger partial charge in [-0.2, -0.15) is 15.2 Å². The van der Waals surface area contributed by atoms with Crippen LogP contribution in [-0.2, 0) is 0 Å².